The van der Waals surface area contributed by atoms with E-state index >= 15 is 0 Å². The Morgan fingerprint density at radius 1 is 1.19 bits per heavy atom. The van der Waals surface area contributed by atoms with Gasteiger partial charge in [-0.2, -0.15) is 0 Å². The monoisotopic (exact) mass is 360 g/mol. The highest BCUT2D eigenvalue weighted by Gasteiger charge is 2.49. The number of nitrogens with zero attached hydrogens (tertiary/aromatic N) is 3. The van der Waals surface area contributed by atoms with Crippen molar-refractivity contribution in [2.75, 3.05) is 37.6 Å². The van der Waals surface area contributed by atoms with E-state index in [2.05, 4.69) is 14.8 Å². The summed E-state index contributed by atoms with van der Waals surface area (Å²) in [5.74, 6) is 1.57. The van der Waals surface area contributed by atoms with Gasteiger partial charge in [0.15, 0.2) is 5.96 Å². The fraction of sp³-hybridized carbons (Fsp3) is 0.650. The first kappa shape index (κ1) is 17.6. The highest BCUT2D eigenvalue weighted by atomic mass is 19.1. The number of benzene rings is 1. The fourth-order valence-electron chi connectivity index (χ4n) is 5.03. The van der Waals surface area contributed by atoms with E-state index in [4.69, 9.17) is 5.73 Å². The van der Waals surface area contributed by atoms with Crippen LogP contribution in [-0.4, -0.2) is 54.3 Å². The maximum Gasteiger partial charge on any atom is 0.191 e. The molecule has 4 rings (SSSR count). The Bertz CT molecular complexity index is 656. The van der Waals surface area contributed by atoms with Crippen molar-refractivity contribution in [3.8, 4) is 0 Å². The van der Waals surface area contributed by atoms with Crippen LogP contribution in [0.5, 0.6) is 0 Å². The molecule has 0 aromatic heterocycles. The van der Waals surface area contributed by atoms with Crippen LogP contribution < -0.4 is 10.6 Å². The third-order valence-corrected chi connectivity index (χ3v) is 6.56. The summed E-state index contributed by atoms with van der Waals surface area (Å²) in [6.07, 6.45) is 5.33. The molecule has 1 aromatic carbocycles. The van der Waals surface area contributed by atoms with Crippen LogP contribution in [0, 0.1) is 17.7 Å². The van der Waals surface area contributed by atoms with E-state index in [1.54, 1.807) is 0 Å². The number of anilines is 1. The summed E-state index contributed by atoms with van der Waals surface area (Å²) in [5, 5.41) is 10.8. The highest BCUT2D eigenvalue weighted by molar-refractivity contribution is 5.78. The molecule has 6 heteroatoms. The van der Waals surface area contributed by atoms with E-state index in [-0.39, 0.29) is 5.82 Å². The van der Waals surface area contributed by atoms with Crippen molar-refractivity contribution in [2.24, 2.45) is 22.6 Å². The minimum atomic E-state index is -0.506. The third kappa shape index (κ3) is 3.52. The zero-order chi connectivity index (χ0) is 18.1. The maximum atomic E-state index is 13.1. The van der Waals surface area contributed by atoms with Gasteiger partial charge in [-0.1, -0.05) is 0 Å². The molecule has 3 unspecified atom stereocenters. The van der Waals surface area contributed by atoms with Gasteiger partial charge in [-0.15, -0.1) is 0 Å². The minimum Gasteiger partial charge on any atom is -0.390 e. The van der Waals surface area contributed by atoms with Gasteiger partial charge < -0.3 is 20.6 Å². The quantitative estimate of drug-likeness (QED) is 0.638. The number of hydrogen-bond donors (Lipinski definition) is 2. The Morgan fingerprint density at radius 3 is 2.54 bits per heavy atom. The van der Waals surface area contributed by atoms with Gasteiger partial charge in [0, 0.05) is 38.4 Å². The van der Waals surface area contributed by atoms with Gasteiger partial charge in [0.2, 0.25) is 0 Å². The lowest BCUT2D eigenvalue weighted by Gasteiger charge is -2.37. The van der Waals surface area contributed by atoms with E-state index < -0.39 is 5.60 Å². The van der Waals surface area contributed by atoms with E-state index in [1.165, 1.54) is 31.4 Å². The summed E-state index contributed by atoms with van der Waals surface area (Å²) in [6, 6.07) is 6.63. The molecule has 3 atom stereocenters. The van der Waals surface area contributed by atoms with E-state index in [1.807, 2.05) is 12.1 Å². The molecule has 2 bridgehead atoms. The minimum absolute atomic E-state index is 0.207. The molecule has 0 amide bonds. The number of halogens is 1. The van der Waals surface area contributed by atoms with Gasteiger partial charge in [-0.05, 0) is 68.2 Å². The predicted octanol–water partition coefficient (Wildman–Crippen LogP) is 2.20. The average Bonchev–Trinajstić information content (AvgIpc) is 3.23. The smallest absolute Gasteiger partial charge is 0.191 e. The normalized spacial score (nSPS) is 31.7. The van der Waals surface area contributed by atoms with Gasteiger partial charge in [-0.3, -0.25) is 4.99 Å². The highest BCUT2D eigenvalue weighted by Crippen LogP contribution is 2.52. The molecule has 3 N–H and O–H groups in total. The molecule has 1 heterocycles. The number of fused-ring (bicyclic) bond motifs is 2. The number of piperazine rings is 1. The second-order valence-electron chi connectivity index (χ2n) is 8.12. The summed E-state index contributed by atoms with van der Waals surface area (Å²) >= 11 is 0. The van der Waals surface area contributed by atoms with Crippen LogP contribution in [0.25, 0.3) is 0 Å². The molecule has 2 aliphatic carbocycles. The fourth-order valence-corrected chi connectivity index (χ4v) is 5.03. The topological polar surface area (TPSA) is 65.1 Å². The molecule has 1 aliphatic heterocycles. The molecule has 3 aliphatic rings. The number of aliphatic imine (C=N–C) groups is 1. The van der Waals surface area contributed by atoms with Crippen LogP contribution in [0.1, 0.15) is 32.1 Å². The molecule has 1 saturated heterocycles. The van der Waals surface area contributed by atoms with E-state index in [9.17, 15) is 9.50 Å². The van der Waals surface area contributed by atoms with E-state index in [0.717, 1.165) is 50.6 Å². The van der Waals surface area contributed by atoms with Gasteiger partial charge in [0.05, 0.1) is 5.60 Å². The van der Waals surface area contributed by atoms with Gasteiger partial charge in [0.1, 0.15) is 5.82 Å². The second kappa shape index (κ2) is 7.06. The second-order valence-corrected chi connectivity index (χ2v) is 8.12. The number of nitrogens with two attached hydrogens (primary N) is 1. The lowest BCUT2D eigenvalue weighted by molar-refractivity contribution is -0.0181. The van der Waals surface area contributed by atoms with Crippen LogP contribution in [0.3, 0.4) is 0 Å². The van der Waals surface area contributed by atoms with Crippen LogP contribution in [-0.2, 0) is 0 Å². The van der Waals surface area contributed by atoms with Crippen LogP contribution in [0.15, 0.2) is 29.3 Å². The molecule has 0 spiro atoms. The summed E-state index contributed by atoms with van der Waals surface area (Å²) in [5.41, 5.74) is 6.72. The van der Waals surface area contributed by atoms with Crippen LogP contribution in [0.2, 0.25) is 0 Å². The van der Waals surface area contributed by atoms with Crippen LogP contribution in [0.4, 0.5) is 10.1 Å². The number of rotatable bonds is 4. The number of guanidine groups is 1. The van der Waals surface area contributed by atoms with Crippen molar-refractivity contribution in [1.29, 1.82) is 0 Å². The first-order valence-electron chi connectivity index (χ1n) is 9.81. The molecule has 1 aromatic rings. The van der Waals surface area contributed by atoms with Crippen molar-refractivity contribution in [2.45, 2.75) is 37.7 Å². The lowest BCUT2D eigenvalue weighted by atomic mass is 9.82. The lowest BCUT2D eigenvalue weighted by Crippen LogP contribution is -2.51. The molecule has 2 saturated carbocycles. The Kier molecular flexibility index (Phi) is 4.78. The van der Waals surface area contributed by atoms with Gasteiger partial charge in [-0.25, -0.2) is 4.39 Å². The summed E-state index contributed by atoms with van der Waals surface area (Å²) < 4.78 is 13.1. The van der Waals surface area contributed by atoms with Gasteiger partial charge >= 0.3 is 0 Å². The number of hydrogen-bond acceptors (Lipinski definition) is 3. The molecule has 142 valence electrons. The molecular weight excluding hydrogens is 331 g/mol. The van der Waals surface area contributed by atoms with Crippen molar-refractivity contribution < 1.29 is 9.50 Å². The first-order valence-corrected chi connectivity index (χ1v) is 9.81. The Labute approximate surface area is 154 Å². The Morgan fingerprint density at radius 2 is 1.92 bits per heavy atom. The molecular formula is C20H29FN4O. The SMILES string of the molecule is NC(=NCCC1(O)CC2CCC1C2)N1CCN(c2ccc(F)cc2)CC1. The van der Waals surface area contributed by atoms with Crippen molar-refractivity contribution >= 4 is 11.6 Å². The molecule has 0 radical (unpaired) electrons. The molecule has 5 nitrogen and oxygen atoms in total. The Balaban J connectivity index is 1.26. The first-order chi connectivity index (χ1) is 12.5. The van der Waals surface area contributed by atoms with E-state index in [0.29, 0.717) is 18.4 Å². The Hall–Kier alpha value is -1.82. The summed E-state index contributed by atoms with van der Waals surface area (Å²) in [7, 11) is 0. The predicted molar refractivity (Wildman–Crippen MR) is 102 cm³/mol. The molecule has 26 heavy (non-hydrogen) atoms. The summed E-state index contributed by atoms with van der Waals surface area (Å²) in [4.78, 5) is 8.88. The largest absolute Gasteiger partial charge is 0.390 e. The molecule has 3 fully saturated rings. The van der Waals surface area contributed by atoms with Crippen molar-refractivity contribution in [3.05, 3.63) is 30.1 Å². The average molecular weight is 360 g/mol. The zero-order valence-electron chi connectivity index (χ0n) is 15.3. The number of aliphatic hydroxyl groups is 1. The van der Waals surface area contributed by atoms with Crippen molar-refractivity contribution in [1.82, 2.24) is 4.90 Å². The van der Waals surface area contributed by atoms with Gasteiger partial charge in [0.25, 0.3) is 0 Å². The maximum absolute atomic E-state index is 13.1. The third-order valence-electron chi connectivity index (χ3n) is 6.56. The standard InChI is InChI=1S/C20H29FN4O/c21-17-3-5-18(6-4-17)24-9-11-25(12-10-24)19(22)23-8-7-20(26)14-15-1-2-16(20)13-15/h3-6,15-16,26H,1-2,7-14H2,(H2,22,23). The van der Waals surface area contributed by atoms with Crippen LogP contribution >= 0.6 is 0 Å². The summed E-state index contributed by atoms with van der Waals surface area (Å²) in [6.45, 7) is 3.90. The van der Waals surface area contributed by atoms with Crippen molar-refractivity contribution in [3.63, 3.8) is 0 Å². The zero-order valence-corrected chi connectivity index (χ0v) is 15.3.